The van der Waals surface area contributed by atoms with Crippen LogP contribution in [0.4, 0.5) is 0 Å². The Bertz CT molecular complexity index is 330. The van der Waals surface area contributed by atoms with E-state index in [1.807, 2.05) is 18.7 Å². The average molecular weight is 249 g/mol. The van der Waals surface area contributed by atoms with E-state index < -0.39 is 0 Å². The van der Waals surface area contributed by atoms with Gasteiger partial charge < -0.3 is 9.88 Å². The number of hydrogen-bond donors (Lipinski definition) is 1. The highest BCUT2D eigenvalue weighted by atomic mass is 15.0. The Morgan fingerprint density at radius 3 is 3.00 bits per heavy atom. The summed E-state index contributed by atoms with van der Waals surface area (Å²) in [6, 6.07) is 0.752. The second kappa shape index (κ2) is 6.37. The molecule has 1 aromatic rings. The third-order valence-corrected chi connectivity index (χ3v) is 4.04. The molecule has 1 aromatic heterocycles. The third kappa shape index (κ3) is 4.45. The highest BCUT2D eigenvalue weighted by Crippen LogP contribution is 2.34. The number of aromatic nitrogens is 2. The summed E-state index contributed by atoms with van der Waals surface area (Å²) in [6.07, 6.45) is 13.8. The number of rotatable bonds is 6. The number of imidazole rings is 1. The maximum Gasteiger partial charge on any atom is 0.0945 e. The van der Waals surface area contributed by atoms with Gasteiger partial charge in [-0.15, -0.1) is 0 Å². The molecule has 1 atom stereocenters. The third-order valence-electron chi connectivity index (χ3n) is 4.04. The van der Waals surface area contributed by atoms with E-state index in [1.54, 1.807) is 0 Å². The number of nitrogens with zero attached hydrogens (tertiary/aromatic N) is 2. The van der Waals surface area contributed by atoms with Crippen LogP contribution in [0, 0.1) is 5.41 Å². The second-order valence-corrected chi connectivity index (χ2v) is 6.42. The highest BCUT2D eigenvalue weighted by molar-refractivity contribution is 4.83. The summed E-state index contributed by atoms with van der Waals surface area (Å²) in [7, 11) is 0. The molecular weight excluding hydrogens is 222 g/mol. The molecule has 0 aromatic carbocycles. The van der Waals surface area contributed by atoms with Crippen LogP contribution in [-0.4, -0.2) is 22.1 Å². The zero-order valence-corrected chi connectivity index (χ0v) is 11.9. The second-order valence-electron chi connectivity index (χ2n) is 6.42. The van der Waals surface area contributed by atoms with E-state index >= 15 is 0 Å². The van der Waals surface area contributed by atoms with Crippen LogP contribution in [-0.2, 0) is 6.54 Å². The van der Waals surface area contributed by atoms with Gasteiger partial charge in [0.2, 0.25) is 0 Å². The van der Waals surface area contributed by atoms with Crippen molar-refractivity contribution in [3.63, 3.8) is 0 Å². The van der Waals surface area contributed by atoms with Gasteiger partial charge in [0.25, 0.3) is 0 Å². The lowest BCUT2D eigenvalue weighted by Crippen LogP contribution is -2.37. The first kappa shape index (κ1) is 13.6. The Labute approximate surface area is 111 Å². The molecule has 1 unspecified atom stereocenters. The van der Waals surface area contributed by atoms with Crippen LogP contribution in [0.15, 0.2) is 18.7 Å². The van der Waals surface area contributed by atoms with Crippen LogP contribution in [0.5, 0.6) is 0 Å². The molecule has 1 fully saturated rings. The lowest BCUT2D eigenvalue weighted by atomic mass is 9.75. The zero-order valence-electron chi connectivity index (χ0n) is 11.9. The molecule has 0 amide bonds. The standard InChI is InChI=1S/C15H27N3/c1-15(2)7-5-6-14(12-15)17-8-3-4-10-18-11-9-16-13-18/h9,11,13-14,17H,3-8,10,12H2,1-2H3. The van der Waals surface area contributed by atoms with E-state index in [0.29, 0.717) is 5.41 Å². The van der Waals surface area contributed by atoms with E-state index in [4.69, 9.17) is 0 Å². The normalized spacial score (nSPS) is 23.1. The molecule has 3 nitrogen and oxygen atoms in total. The van der Waals surface area contributed by atoms with Crippen LogP contribution in [0.2, 0.25) is 0 Å². The van der Waals surface area contributed by atoms with Gasteiger partial charge >= 0.3 is 0 Å². The Morgan fingerprint density at radius 1 is 1.39 bits per heavy atom. The molecule has 2 rings (SSSR count). The van der Waals surface area contributed by atoms with Crippen molar-refractivity contribution in [3.8, 4) is 0 Å². The molecule has 1 heterocycles. The number of aryl methyl sites for hydroxylation is 1. The van der Waals surface area contributed by atoms with Crippen molar-refractivity contribution >= 4 is 0 Å². The van der Waals surface area contributed by atoms with Gasteiger partial charge in [0.15, 0.2) is 0 Å². The quantitative estimate of drug-likeness (QED) is 0.785. The smallest absolute Gasteiger partial charge is 0.0945 e. The molecule has 102 valence electrons. The van der Waals surface area contributed by atoms with E-state index in [9.17, 15) is 0 Å². The summed E-state index contributed by atoms with van der Waals surface area (Å²) < 4.78 is 2.16. The van der Waals surface area contributed by atoms with Crippen LogP contribution >= 0.6 is 0 Å². The van der Waals surface area contributed by atoms with E-state index in [-0.39, 0.29) is 0 Å². The van der Waals surface area contributed by atoms with Crippen LogP contribution in [0.25, 0.3) is 0 Å². The number of hydrogen-bond acceptors (Lipinski definition) is 2. The summed E-state index contributed by atoms with van der Waals surface area (Å²) in [5.41, 5.74) is 0.548. The van der Waals surface area contributed by atoms with Gasteiger partial charge in [-0.1, -0.05) is 20.3 Å². The van der Waals surface area contributed by atoms with Crippen molar-refractivity contribution in [3.05, 3.63) is 18.7 Å². The van der Waals surface area contributed by atoms with Crippen molar-refractivity contribution in [1.29, 1.82) is 0 Å². The summed E-state index contributed by atoms with van der Waals surface area (Å²) in [4.78, 5) is 4.06. The Balaban J connectivity index is 1.55. The Kier molecular flexibility index (Phi) is 4.81. The molecule has 0 radical (unpaired) electrons. The zero-order chi connectivity index (χ0) is 12.8. The Morgan fingerprint density at radius 2 is 2.28 bits per heavy atom. The minimum Gasteiger partial charge on any atom is -0.337 e. The molecule has 0 aliphatic heterocycles. The molecule has 0 bridgehead atoms. The van der Waals surface area contributed by atoms with Gasteiger partial charge in [-0.2, -0.15) is 0 Å². The number of unbranched alkanes of at least 4 members (excludes halogenated alkanes) is 1. The maximum atomic E-state index is 4.06. The van der Waals surface area contributed by atoms with E-state index in [0.717, 1.165) is 19.1 Å². The predicted molar refractivity (Wildman–Crippen MR) is 75.5 cm³/mol. The summed E-state index contributed by atoms with van der Waals surface area (Å²) in [5, 5.41) is 3.73. The summed E-state index contributed by atoms with van der Waals surface area (Å²) in [6.45, 7) is 7.06. The number of nitrogens with one attached hydrogen (secondary N) is 1. The summed E-state index contributed by atoms with van der Waals surface area (Å²) in [5.74, 6) is 0. The van der Waals surface area contributed by atoms with Crippen molar-refractivity contribution in [2.24, 2.45) is 5.41 Å². The van der Waals surface area contributed by atoms with Crippen molar-refractivity contribution < 1.29 is 0 Å². The molecule has 1 saturated carbocycles. The Hall–Kier alpha value is -0.830. The predicted octanol–water partition coefficient (Wildman–Crippen LogP) is 3.22. The molecular formula is C15H27N3. The first-order valence-corrected chi connectivity index (χ1v) is 7.35. The summed E-state index contributed by atoms with van der Waals surface area (Å²) >= 11 is 0. The van der Waals surface area contributed by atoms with Gasteiger partial charge in [-0.3, -0.25) is 0 Å². The monoisotopic (exact) mass is 249 g/mol. The topological polar surface area (TPSA) is 29.9 Å². The minimum absolute atomic E-state index is 0.548. The fraction of sp³-hybridized carbons (Fsp3) is 0.800. The minimum atomic E-state index is 0.548. The fourth-order valence-electron chi connectivity index (χ4n) is 3.02. The fourth-order valence-corrected chi connectivity index (χ4v) is 3.02. The molecule has 3 heteroatoms. The molecule has 1 aliphatic rings. The molecule has 1 aliphatic carbocycles. The first-order chi connectivity index (χ1) is 8.66. The largest absolute Gasteiger partial charge is 0.337 e. The van der Waals surface area contributed by atoms with Crippen molar-refractivity contribution in [2.75, 3.05) is 6.54 Å². The molecule has 1 N–H and O–H groups in total. The molecule has 0 saturated heterocycles. The maximum absolute atomic E-state index is 4.06. The van der Waals surface area contributed by atoms with Crippen molar-refractivity contribution in [2.45, 2.75) is 65.0 Å². The molecule has 0 spiro atoms. The van der Waals surface area contributed by atoms with Crippen LogP contribution < -0.4 is 5.32 Å². The van der Waals surface area contributed by atoms with E-state index in [2.05, 4.69) is 28.7 Å². The lowest BCUT2D eigenvalue weighted by molar-refractivity contribution is 0.198. The van der Waals surface area contributed by atoms with E-state index in [1.165, 1.54) is 38.5 Å². The van der Waals surface area contributed by atoms with Crippen LogP contribution in [0.1, 0.15) is 52.4 Å². The van der Waals surface area contributed by atoms with Crippen molar-refractivity contribution in [1.82, 2.24) is 14.9 Å². The first-order valence-electron chi connectivity index (χ1n) is 7.35. The highest BCUT2D eigenvalue weighted by Gasteiger charge is 2.27. The van der Waals surface area contributed by atoms with Gasteiger partial charge in [0.1, 0.15) is 0 Å². The van der Waals surface area contributed by atoms with Gasteiger partial charge in [0.05, 0.1) is 6.33 Å². The van der Waals surface area contributed by atoms with Crippen LogP contribution in [0.3, 0.4) is 0 Å². The van der Waals surface area contributed by atoms with Gasteiger partial charge in [-0.25, -0.2) is 4.98 Å². The van der Waals surface area contributed by atoms with Gasteiger partial charge in [0, 0.05) is 25.0 Å². The lowest BCUT2D eigenvalue weighted by Gasteiger charge is -2.35. The average Bonchev–Trinajstić information content (AvgIpc) is 2.80. The molecule has 18 heavy (non-hydrogen) atoms. The SMILES string of the molecule is CC1(C)CCCC(NCCCCn2ccnc2)C1. The van der Waals surface area contributed by atoms with Gasteiger partial charge in [-0.05, 0) is 44.1 Å².